The zero-order chi connectivity index (χ0) is 22.9. The van der Waals surface area contributed by atoms with E-state index in [0.717, 1.165) is 12.0 Å². The van der Waals surface area contributed by atoms with Gasteiger partial charge in [-0.1, -0.05) is 0 Å². The zero-order valence-corrected chi connectivity index (χ0v) is 18.9. The molecule has 12 heteroatoms. The van der Waals surface area contributed by atoms with Gasteiger partial charge in [0, 0.05) is 70.9 Å². The Hall–Kier alpha value is -3.28. The third-order valence-electron chi connectivity index (χ3n) is 6.53. The largest absolute Gasteiger partial charge is 0.380 e. The second-order valence-electron chi connectivity index (χ2n) is 8.81. The number of hydrogen-bond acceptors (Lipinski definition) is 10. The Balaban J connectivity index is 1.43. The molecule has 0 bridgehead atoms. The number of H-pyrrole nitrogens is 1. The van der Waals surface area contributed by atoms with Crippen molar-refractivity contribution in [2.24, 2.45) is 0 Å². The molecule has 2 aromatic rings. The molecule has 176 valence electrons. The van der Waals surface area contributed by atoms with Crippen LogP contribution in [0.25, 0.3) is 0 Å². The summed E-state index contributed by atoms with van der Waals surface area (Å²) in [5.41, 5.74) is 1.11. The molecule has 1 amide bonds. The molecule has 12 nitrogen and oxygen atoms in total. The monoisotopic (exact) mass is 455 g/mol. The van der Waals surface area contributed by atoms with Crippen LogP contribution >= 0.6 is 0 Å². The molecule has 2 atom stereocenters. The Kier molecular flexibility index (Phi) is 5.83. The van der Waals surface area contributed by atoms with Crippen molar-refractivity contribution in [2.75, 3.05) is 55.0 Å². The number of aromatic amines is 1. The summed E-state index contributed by atoms with van der Waals surface area (Å²) in [5, 5.41) is 10.6. The number of carbonyl (C=O) groups excluding carboxylic acids is 2. The quantitative estimate of drug-likeness (QED) is 0.574. The zero-order valence-electron chi connectivity index (χ0n) is 18.9. The van der Waals surface area contributed by atoms with Gasteiger partial charge < -0.3 is 29.5 Å². The molecule has 2 aliphatic heterocycles. The number of anilines is 4. The fourth-order valence-electron chi connectivity index (χ4n) is 4.38. The van der Waals surface area contributed by atoms with Crippen LogP contribution in [0.4, 0.5) is 23.7 Å². The summed E-state index contributed by atoms with van der Waals surface area (Å²) in [4.78, 5) is 43.1. The highest BCUT2D eigenvalue weighted by atomic mass is 16.5. The second-order valence-corrected chi connectivity index (χ2v) is 8.81. The van der Waals surface area contributed by atoms with Crippen molar-refractivity contribution in [3.8, 4) is 0 Å². The molecular formula is C21H29N9O3. The number of carbonyl (C=O) groups is 2. The van der Waals surface area contributed by atoms with Crippen LogP contribution in [0.3, 0.4) is 0 Å². The molecule has 0 radical (unpaired) electrons. The highest BCUT2D eigenvalue weighted by Gasteiger charge is 2.35. The molecule has 3 fully saturated rings. The Morgan fingerprint density at radius 2 is 1.94 bits per heavy atom. The summed E-state index contributed by atoms with van der Waals surface area (Å²) in [6.45, 7) is 4.56. The summed E-state index contributed by atoms with van der Waals surface area (Å²) in [6, 6.07) is 1.62. The SMILES string of the molecule is CO[C@H]1C[C@@H](C=O)N(c2nc(Nc3cc(C4CC4)[nH]n3)nc(N3CCN(C(C)=O)CC3)n2)C1. The standard InChI is InChI=1S/C21H29N9O3/c1-13(32)28-5-7-29(8-6-28)20-23-19(22-18-10-17(26-27-18)14-3-4-14)24-21(25-20)30-11-16(33-2)9-15(30)12-31/h10,12,14-16H,3-9,11H2,1-2H3,(H2,22,23,24,25,26,27)/t15-,16-/m0/s1. The highest BCUT2D eigenvalue weighted by molar-refractivity contribution is 5.73. The Bertz CT molecular complexity index is 1020. The molecule has 2 N–H and O–H groups in total. The van der Waals surface area contributed by atoms with Gasteiger partial charge in [-0.3, -0.25) is 9.89 Å². The fourth-order valence-corrected chi connectivity index (χ4v) is 4.38. The number of methoxy groups -OCH3 is 1. The van der Waals surface area contributed by atoms with Crippen molar-refractivity contribution in [1.29, 1.82) is 0 Å². The molecular weight excluding hydrogens is 426 g/mol. The van der Waals surface area contributed by atoms with E-state index in [9.17, 15) is 9.59 Å². The topological polar surface area (TPSA) is 132 Å². The average molecular weight is 456 g/mol. The first-order valence-electron chi connectivity index (χ1n) is 11.4. The molecule has 3 aliphatic rings. The van der Waals surface area contributed by atoms with Crippen molar-refractivity contribution in [1.82, 2.24) is 30.0 Å². The minimum atomic E-state index is -0.362. The molecule has 0 spiro atoms. The molecule has 2 aromatic heterocycles. The van der Waals surface area contributed by atoms with E-state index in [1.54, 1.807) is 14.0 Å². The van der Waals surface area contributed by atoms with E-state index >= 15 is 0 Å². The third-order valence-corrected chi connectivity index (χ3v) is 6.53. The van der Waals surface area contributed by atoms with Crippen LogP contribution in [0.1, 0.15) is 37.8 Å². The lowest BCUT2D eigenvalue weighted by atomic mass is 10.2. The average Bonchev–Trinajstić information content (AvgIpc) is 3.43. The number of amides is 1. The normalized spacial score (nSPS) is 23.2. The molecule has 4 heterocycles. The van der Waals surface area contributed by atoms with E-state index < -0.39 is 0 Å². The Labute approximate surface area is 191 Å². The summed E-state index contributed by atoms with van der Waals surface area (Å²) >= 11 is 0. The summed E-state index contributed by atoms with van der Waals surface area (Å²) in [6.07, 6.45) is 3.79. The van der Waals surface area contributed by atoms with Crippen LogP contribution in [-0.2, 0) is 14.3 Å². The number of nitrogens with zero attached hydrogens (tertiary/aromatic N) is 7. The first kappa shape index (κ1) is 21.6. The van der Waals surface area contributed by atoms with Gasteiger partial charge in [-0.25, -0.2) is 0 Å². The smallest absolute Gasteiger partial charge is 0.235 e. The van der Waals surface area contributed by atoms with Crippen LogP contribution in [0.15, 0.2) is 6.07 Å². The molecule has 33 heavy (non-hydrogen) atoms. The fraction of sp³-hybridized carbons (Fsp3) is 0.619. The van der Waals surface area contributed by atoms with Gasteiger partial charge >= 0.3 is 0 Å². The van der Waals surface area contributed by atoms with Crippen LogP contribution in [0.5, 0.6) is 0 Å². The molecule has 2 saturated heterocycles. The van der Waals surface area contributed by atoms with E-state index in [1.807, 2.05) is 20.8 Å². The number of ether oxygens (including phenoxy) is 1. The van der Waals surface area contributed by atoms with E-state index in [1.165, 1.54) is 12.8 Å². The summed E-state index contributed by atoms with van der Waals surface area (Å²) in [7, 11) is 1.64. The van der Waals surface area contributed by atoms with Crippen molar-refractivity contribution in [3.05, 3.63) is 11.8 Å². The van der Waals surface area contributed by atoms with E-state index in [2.05, 4.69) is 25.5 Å². The maximum absolute atomic E-state index is 11.7. The van der Waals surface area contributed by atoms with Crippen molar-refractivity contribution in [3.63, 3.8) is 0 Å². The van der Waals surface area contributed by atoms with Crippen LogP contribution in [-0.4, -0.2) is 94.2 Å². The minimum absolute atomic E-state index is 0.0647. The number of rotatable bonds is 7. The molecule has 0 unspecified atom stereocenters. The van der Waals surface area contributed by atoms with Gasteiger partial charge in [0.05, 0.1) is 12.1 Å². The molecule has 1 saturated carbocycles. The van der Waals surface area contributed by atoms with E-state index in [-0.39, 0.29) is 18.1 Å². The first-order valence-corrected chi connectivity index (χ1v) is 11.4. The minimum Gasteiger partial charge on any atom is -0.380 e. The van der Waals surface area contributed by atoms with Crippen LogP contribution in [0.2, 0.25) is 0 Å². The van der Waals surface area contributed by atoms with Crippen LogP contribution < -0.4 is 15.1 Å². The Morgan fingerprint density at radius 1 is 1.18 bits per heavy atom. The first-order chi connectivity index (χ1) is 16.0. The maximum Gasteiger partial charge on any atom is 0.235 e. The number of hydrogen-bond donors (Lipinski definition) is 2. The Morgan fingerprint density at radius 3 is 2.61 bits per heavy atom. The second kappa shape index (κ2) is 8.93. The maximum atomic E-state index is 11.7. The summed E-state index contributed by atoms with van der Waals surface area (Å²) in [5.74, 6) is 2.56. The van der Waals surface area contributed by atoms with Gasteiger partial charge in [-0.05, 0) is 12.8 Å². The molecule has 1 aliphatic carbocycles. The van der Waals surface area contributed by atoms with Gasteiger partial charge in [-0.15, -0.1) is 0 Å². The van der Waals surface area contributed by atoms with E-state index in [4.69, 9.17) is 9.72 Å². The van der Waals surface area contributed by atoms with Gasteiger partial charge in [0.25, 0.3) is 0 Å². The lowest BCUT2D eigenvalue weighted by Gasteiger charge is -2.34. The van der Waals surface area contributed by atoms with Gasteiger partial charge in [0.2, 0.25) is 23.8 Å². The lowest BCUT2D eigenvalue weighted by Crippen LogP contribution is -2.48. The number of aromatic nitrogens is 5. The van der Waals surface area contributed by atoms with Crippen LogP contribution in [0, 0.1) is 0 Å². The third kappa shape index (κ3) is 4.61. The van der Waals surface area contributed by atoms with E-state index in [0.29, 0.717) is 68.7 Å². The number of aldehydes is 1. The van der Waals surface area contributed by atoms with Crippen molar-refractivity contribution >= 4 is 35.9 Å². The van der Waals surface area contributed by atoms with Gasteiger partial charge in [0.15, 0.2) is 5.82 Å². The number of piperazine rings is 1. The van der Waals surface area contributed by atoms with Gasteiger partial charge in [-0.2, -0.15) is 20.1 Å². The highest BCUT2D eigenvalue weighted by Crippen LogP contribution is 2.39. The molecule has 5 rings (SSSR count). The predicted octanol–water partition coefficient (Wildman–Crippen LogP) is 0.677. The molecule has 0 aromatic carbocycles. The lowest BCUT2D eigenvalue weighted by molar-refractivity contribution is -0.129. The van der Waals surface area contributed by atoms with Crippen molar-refractivity contribution in [2.45, 2.75) is 44.2 Å². The predicted molar refractivity (Wildman–Crippen MR) is 121 cm³/mol. The summed E-state index contributed by atoms with van der Waals surface area (Å²) < 4.78 is 5.48. The van der Waals surface area contributed by atoms with Crippen molar-refractivity contribution < 1.29 is 14.3 Å². The van der Waals surface area contributed by atoms with Gasteiger partial charge in [0.1, 0.15) is 6.29 Å². The number of nitrogens with one attached hydrogen (secondary N) is 2.